The minimum absolute atomic E-state index is 0.589. The van der Waals surface area contributed by atoms with Gasteiger partial charge in [-0.15, -0.1) is 0 Å². The van der Waals surface area contributed by atoms with Gasteiger partial charge in [0.2, 0.25) is 0 Å². The van der Waals surface area contributed by atoms with Gasteiger partial charge in [0, 0.05) is 6.54 Å². The molecule has 0 radical (unpaired) electrons. The number of allylic oxidation sites excluding steroid dienone is 1. The van der Waals surface area contributed by atoms with Crippen LogP contribution in [-0.4, -0.2) is 10.9 Å². The second-order valence-electron chi connectivity index (χ2n) is 4.30. The lowest BCUT2D eigenvalue weighted by atomic mass is 10.1. The summed E-state index contributed by atoms with van der Waals surface area (Å²) in [5.74, 6) is 0.589. The van der Waals surface area contributed by atoms with Crippen molar-refractivity contribution in [3.05, 3.63) is 42.0 Å². The topological polar surface area (TPSA) is 50.9 Å². The number of nitrogens with two attached hydrogens (primary N) is 1. The van der Waals surface area contributed by atoms with E-state index in [0.29, 0.717) is 5.82 Å². The van der Waals surface area contributed by atoms with E-state index in [1.807, 2.05) is 30.3 Å². The predicted molar refractivity (Wildman–Crippen MR) is 79.9 cm³/mol. The minimum Gasteiger partial charge on any atom is -0.382 e. The maximum absolute atomic E-state index is 5.95. The van der Waals surface area contributed by atoms with Crippen LogP contribution < -0.4 is 11.1 Å². The van der Waals surface area contributed by atoms with Gasteiger partial charge in [0.1, 0.15) is 10.8 Å². The van der Waals surface area contributed by atoms with Gasteiger partial charge < -0.3 is 11.1 Å². The number of aromatic nitrogens is 1. The monoisotopic (exact) mass is 259 g/mol. The highest BCUT2D eigenvalue weighted by Crippen LogP contribution is 2.36. The normalized spacial score (nSPS) is 10.1. The van der Waals surface area contributed by atoms with Gasteiger partial charge in [0.25, 0.3) is 0 Å². The summed E-state index contributed by atoms with van der Waals surface area (Å²) in [6, 6.07) is 10.1. The largest absolute Gasteiger partial charge is 0.382 e. The molecule has 0 fully saturated rings. The molecule has 0 aliphatic heterocycles. The first-order valence-electron chi connectivity index (χ1n) is 5.86. The van der Waals surface area contributed by atoms with Gasteiger partial charge in [-0.25, -0.2) is 0 Å². The first kappa shape index (κ1) is 12.6. The third-order valence-corrected chi connectivity index (χ3v) is 3.37. The maximum atomic E-state index is 5.95. The molecular weight excluding hydrogens is 242 g/mol. The molecule has 0 saturated carbocycles. The zero-order chi connectivity index (χ0) is 13.0. The van der Waals surface area contributed by atoms with Gasteiger partial charge in [-0.05, 0) is 30.9 Å². The Labute approximate surface area is 112 Å². The zero-order valence-electron chi connectivity index (χ0n) is 10.6. The maximum Gasteiger partial charge on any atom is 0.147 e. The van der Waals surface area contributed by atoms with Crippen molar-refractivity contribution in [3.63, 3.8) is 0 Å². The van der Waals surface area contributed by atoms with E-state index in [-0.39, 0.29) is 0 Å². The number of nitrogen functional groups attached to an aromatic ring is 1. The van der Waals surface area contributed by atoms with Crippen molar-refractivity contribution in [3.8, 4) is 11.1 Å². The van der Waals surface area contributed by atoms with E-state index in [4.69, 9.17) is 5.73 Å². The number of anilines is 2. The van der Waals surface area contributed by atoms with E-state index in [1.54, 1.807) is 0 Å². The second-order valence-corrected chi connectivity index (χ2v) is 5.07. The van der Waals surface area contributed by atoms with Crippen molar-refractivity contribution in [2.24, 2.45) is 0 Å². The summed E-state index contributed by atoms with van der Waals surface area (Å²) in [7, 11) is 0. The van der Waals surface area contributed by atoms with Crippen molar-refractivity contribution >= 4 is 22.4 Å². The lowest BCUT2D eigenvalue weighted by molar-refractivity contribution is 1.28. The van der Waals surface area contributed by atoms with E-state index < -0.39 is 0 Å². The van der Waals surface area contributed by atoms with Crippen LogP contribution in [0.5, 0.6) is 0 Å². The minimum atomic E-state index is 0.589. The van der Waals surface area contributed by atoms with Crippen LogP contribution in [0.15, 0.2) is 42.0 Å². The summed E-state index contributed by atoms with van der Waals surface area (Å²) in [6.45, 7) is 4.96. The van der Waals surface area contributed by atoms with Crippen LogP contribution in [0.3, 0.4) is 0 Å². The molecule has 0 spiro atoms. The molecule has 18 heavy (non-hydrogen) atoms. The fraction of sp³-hybridized carbons (Fsp3) is 0.214. The molecule has 1 aromatic heterocycles. The van der Waals surface area contributed by atoms with Crippen molar-refractivity contribution in [1.29, 1.82) is 0 Å². The lowest BCUT2D eigenvalue weighted by Crippen LogP contribution is -1.98. The molecule has 0 atom stereocenters. The molecule has 0 bridgehead atoms. The van der Waals surface area contributed by atoms with Crippen LogP contribution in [-0.2, 0) is 0 Å². The molecule has 1 heterocycles. The third kappa shape index (κ3) is 2.90. The standard InChI is InChI=1S/C14H17N3S/c1-10(2)8-9-16-14-12(13(15)17-18-14)11-6-4-3-5-7-11/h3-8,16H,9H2,1-2H3,(H2,15,17). The molecule has 0 aliphatic carbocycles. The zero-order valence-corrected chi connectivity index (χ0v) is 11.4. The molecular formula is C14H17N3S. The molecule has 3 nitrogen and oxygen atoms in total. The lowest BCUT2D eigenvalue weighted by Gasteiger charge is -2.05. The molecule has 0 amide bonds. The van der Waals surface area contributed by atoms with Crippen molar-refractivity contribution in [1.82, 2.24) is 4.37 Å². The fourth-order valence-electron chi connectivity index (χ4n) is 1.65. The van der Waals surface area contributed by atoms with Crippen molar-refractivity contribution in [2.75, 3.05) is 17.6 Å². The highest BCUT2D eigenvalue weighted by molar-refractivity contribution is 7.11. The Morgan fingerprint density at radius 1 is 1.33 bits per heavy atom. The van der Waals surface area contributed by atoms with Crippen molar-refractivity contribution < 1.29 is 0 Å². The van der Waals surface area contributed by atoms with Gasteiger partial charge in [0.05, 0.1) is 5.56 Å². The van der Waals surface area contributed by atoms with Crippen LogP contribution in [0.1, 0.15) is 13.8 Å². The Hall–Kier alpha value is -1.81. The summed E-state index contributed by atoms with van der Waals surface area (Å²) in [4.78, 5) is 0. The highest BCUT2D eigenvalue weighted by atomic mass is 32.1. The summed E-state index contributed by atoms with van der Waals surface area (Å²) in [5, 5.41) is 4.39. The number of benzene rings is 1. The summed E-state index contributed by atoms with van der Waals surface area (Å²) in [5.41, 5.74) is 9.34. The van der Waals surface area contributed by atoms with E-state index in [0.717, 1.165) is 22.7 Å². The second kappa shape index (κ2) is 5.69. The number of hydrogen-bond acceptors (Lipinski definition) is 4. The fourth-order valence-corrected chi connectivity index (χ4v) is 2.40. The van der Waals surface area contributed by atoms with E-state index in [2.05, 4.69) is 29.6 Å². The van der Waals surface area contributed by atoms with Crippen LogP contribution in [0.25, 0.3) is 11.1 Å². The van der Waals surface area contributed by atoms with Crippen LogP contribution in [0.2, 0.25) is 0 Å². The molecule has 3 N–H and O–H groups in total. The molecule has 2 aromatic rings. The SMILES string of the molecule is CC(C)=CCNc1snc(N)c1-c1ccccc1. The Bertz CT molecular complexity index is 539. The Kier molecular flexibility index (Phi) is 3.99. The smallest absolute Gasteiger partial charge is 0.147 e. The third-order valence-electron chi connectivity index (χ3n) is 2.55. The van der Waals surface area contributed by atoms with Crippen LogP contribution in [0, 0.1) is 0 Å². The Morgan fingerprint density at radius 3 is 2.72 bits per heavy atom. The Balaban J connectivity index is 2.25. The van der Waals surface area contributed by atoms with Gasteiger partial charge in [0.15, 0.2) is 0 Å². The highest BCUT2D eigenvalue weighted by Gasteiger charge is 2.12. The molecule has 0 aliphatic rings. The van der Waals surface area contributed by atoms with Gasteiger partial charge in [-0.2, -0.15) is 4.37 Å². The molecule has 0 saturated heterocycles. The number of hydrogen-bond donors (Lipinski definition) is 2. The average molecular weight is 259 g/mol. The first-order chi connectivity index (χ1) is 8.68. The molecule has 4 heteroatoms. The van der Waals surface area contributed by atoms with Crippen LogP contribution in [0.4, 0.5) is 10.8 Å². The molecule has 2 rings (SSSR count). The van der Waals surface area contributed by atoms with E-state index >= 15 is 0 Å². The molecule has 94 valence electrons. The first-order valence-corrected chi connectivity index (χ1v) is 6.63. The van der Waals surface area contributed by atoms with Gasteiger partial charge in [-0.3, -0.25) is 0 Å². The Morgan fingerprint density at radius 2 is 2.06 bits per heavy atom. The van der Waals surface area contributed by atoms with Gasteiger partial charge >= 0.3 is 0 Å². The van der Waals surface area contributed by atoms with Gasteiger partial charge in [-0.1, -0.05) is 42.0 Å². The molecule has 1 aromatic carbocycles. The average Bonchev–Trinajstić information content (AvgIpc) is 2.71. The van der Waals surface area contributed by atoms with E-state index in [9.17, 15) is 0 Å². The molecule has 0 unspecified atom stereocenters. The summed E-state index contributed by atoms with van der Waals surface area (Å²) in [6.07, 6.45) is 2.14. The van der Waals surface area contributed by atoms with Crippen molar-refractivity contribution in [2.45, 2.75) is 13.8 Å². The number of rotatable bonds is 4. The quantitative estimate of drug-likeness (QED) is 0.822. The van der Waals surface area contributed by atoms with E-state index in [1.165, 1.54) is 17.1 Å². The number of nitrogens with one attached hydrogen (secondary N) is 1. The number of nitrogens with zero attached hydrogens (tertiary/aromatic N) is 1. The predicted octanol–water partition coefficient (Wildman–Crippen LogP) is 3.77. The summed E-state index contributed by atoms with van der Waals surface area (Å²) < 4.78 is 4.23. The summed E-state index contributed by atoms with van der Waals surface area (Å²) >= 11 is 1.41. The van der Waals surface area contributed by atoms with Crippen LogP contribution >= 0.6 is 11.5 Å².